The molecule has 7 bridgehead atoms. The van der Waals surface area contributed by atoms with Crippen molar-refractivity contribution in [2.45, 2.75) is 76.1 Å². The van der Waals surface area contributed by atoms with Crippen LogP contribution in [0.4, 0.5) is 0 Å². The van der Waals surface area contributed by atoms with Crippen LogP contribution in [0.25, 0.3) is 0 Å². The Morgan fingerprint density at radius 3 is 2.35 bits per heavy atom. The van der Waals surface area contributed by atoms with Crippen molar-refractivity contribution in [1.29, 1.82) is 0 Å². The second-order valence-electron chi connectivity index (χ2n) is 12.2. The highest BCUT2D eigenvalue weighted by Crippen LogP contribution is 2.76. The van der Waals surface area contributed by atoms with Crippen molar-refractivity contribution in [3.05, 3.63) is 11.8 Å². The fourth-order valence-corrected chi connectivity index (χ4v) is 9.95. The van der Waals surface area contributed by atoms with Gasteiger partial charge in [-0.3, -0.25) is 19.3 Å². The minimum Gasteiger partial charge on any atom is -0.462 e. The Bertz CT molecular complexity index is 1080. The van der Waals surface area contributed by atoms with E-state index in [1.54, 1.807) is 21.3 Å². The molecule has 11 nitrogen and oxygen atoms in total. The number of hydrogen-bond acceptors (Lipinski definition) is 11. The number of Topliss-reactive ketones (excluding diaryl/α,β-unsaturated/α-hetero) is 1. The summed E-state index contributed by atoms with van der Waals surface area (Å²) in [6, 6.07) is -0.228. The molecule has 11 heteroatoms. The molecular weight excluding hydrogens is 522 g/mol. The number of aliphatic hydroxyl groups is 1. The van der Waals surface area contributed by atoms with Crippen LogP contribution >= 0.6 is 0 Å². The molecule has 0 aromatic rings. The highest BCUT2D eigenvalue weighted by Gasteiger charge is 2.85. The molecule has 11 atom stereocenters. The summed E-state index contributed by atoms with van der Waals surface area (Å²) < 4.78 is 35.7. The number of rotatable bonds is 8. The van der Waals surface area contributed by atoms with Gasteiger partial charge in [-0.2, -0.15) is 0 Å². The predicted octanol–water partition coefficient (Wildman–Crippen LogP) is 1.11. The molecule has 1 spiro atoms. The summed E-state index contributed by atoms with van der Waals surface area (Å²) in [6.45, 7) is 6.27. The molecule has 0 amide bonds. The standard InChI is InChI=1S/C29H43NO10/c1-8-30-13-27(14-35-4)21(40-16(3)32)10-22(37-6)29-17-9-19(33)20(36-5)11-28(34,18(17)12-39-15(2)31)23(26(29)30)24(38-7)25(27)29/h12,17,20-26,34H,8-11,13-14H2,1-7H3/b18-12+/t17-,20+,21-,22+,23+,24+,25-,26?,27+,28-,29+/m1/s1. The normalized spacial score (nSPS) is 46.7. The molecule has 40 heavy (non-hydrogen) atoms. The molecule has 0 aromatic heterocycles. The number of likely N-dealkylation sites (tertiary alicyclic amines) is 1. The van der Waals surface area contributed by atoms with E-state index in [1.165, 1.54) is 27.2 Å². The lowest BCUT2D eigenvalue weighted by atomic mass is 9.43. The molecule has 0 aromatic carbocycles. The monoisotopic (exact) mass is 565 g/mol. The van der Waals surface area contributed by atoms with Crippen LogP contribution in [0.2, 0.25) is 0 Å². The maximum atomic E-state index is 13.7. The van der Waals surface area contributed by atoms with Gasteiger partial charge >= 0.3 is 11.9 Å². The van der Waals surface area contributed by atoms with Crippen LogP contribution in [0.5, 0.6) is 0 Å². The van der Waals surface area contributed by atoms with Crippen molar-refractivity contribution in [3.8, 4) is 0 Å². The number of carbonyl (C=O) groups excluding carboxylic acids is 3. The number of ketones is 1. The van der Waals surface area contributed by atoms with E-state index in [0.717, 1.165) is 0 Å². The molecular formula is C29H43NO10. The Morgan fingerprint density at radius 2 is 1.80 bits per heavy atom. The minimum atomic E-state index is -1.58. The zero-order valence-electron chi connectivity index (χ0n) is 24.5. The molecule has 1 aliphatic heterocycles. The SMILES string of the molecule is CCN1C[C@@]2(COC)[C@H]3[C@@H](OC)[C@H]4C1[C@]3([C@@H](OC)C[C@H]2OC(C)=O)[C@@H]1CC(=O)[C@@H](OC)C[C@@]4(O)/C1=C/OC(C)=O. The molecule has 1 N–H and O–H groups in total. The molecule has 1 saturated heterocycles. The first-order valence-corrected chi connectivity index (χ1v) is 14.1. The van der Waals surface area contributed by atoms with Gasteiger partial charge in [0.1, 0.15) is 12.2 Å². The van der Waals surface area contributed by atoms with E-state index in [0.29, 0.717) is 25.1 Å². The molecule has 5 fully saturated rings. The van der Waals surface area contributed by atoms with Crippen LogP contribution in [0, 0.1) is 28.6 Å². The van der Waals surface area contributed by atoms with Crippen LogP contribution < -0.4 is 0 Å². The van der Waals surface area contributed by atoms with Crippen LogP contribution in [-0.4, -0.2) is 112 Å². The van der Waals surface area contributed by atoms with Crippen LogP contribution in [0.3, 0.4) is 0 Å². The zero-order valence-corrected chi connectivity index (χ0v) is 24.5. The van der Waals surface area contributed by atoms with E-state index >= 15 is 0 Å². The van der Waals surface area contributed by atoms with Crippen molar-refractivity contribution < 1.29 is 47.9 Å². The van der Waals surface area contributed by atoms with Gasteiger partial charge in [-0.25, -0.2) is 0 Å². The average molecular weight is 566 g/mol. The summed E-state index contributed by atoms with van der Waals surface area (Å²) in [5.41, 5.74) is -2.54. The molecule has 4 aliphatic carbocycles. The molecule has 4 saturated carbocycles. The maximum Gasteiger partial charge on any atom is 0.307 e. The van der Waals surface area contributed by atoms with Crippen LogP contribution in [0.15, 0.2) is 11.8 Å². The van der Waals surface area contributed by atoms with E-state index < -0.39 is 64.6 Å². The Balaban J connectivity index is 1.86. The Labute approximate surface area is 235 Å². The van der Waals surface area contributed by atoms with Crippen LogP contribution in [-0.2, 0) is 42.8 Å². The number of ether oxygens (including phenoxy) is 6. The molecule has 5 rings (SSSR count). The highest BCUT2D eigenvalue weighted by atomic mass is 16.6. The van der Waals surface area contributed by atoms with Gasteiger partial charge in [0, 0.05) is 108 Å². The van der Waals surface area contributed by atoms with E-state index in [9.17, 15) is 19.5 Å². The largest absolute Gasteiger partial charge is 0.462 e. The first-order valence-electron chi connectivity index (χ1n) is 14.1. The fourth-order valence-electron chi connectivity index (χ4n) is 9.95. The number of fused-ring (bicyclic) bond motifs is 3. The Morgan fingerprint density at radius 1 is 1.07 bits per heavy atom. The van der Waals surface area contributed by atoms with Crippen molar-refractivity contribution in [1.82, 2.24) is 4.90 Å². The maximum absolute atomic E-state index is 13.7. The summed E-state index contributed by atoms with van der Waals surface area (Å²) in [4.78, 5) is 40.5. The van der Waals surface area contributed by atoms with Crippen molar-refractivity contribution >= 4 is 17.7 Å². The third-order valence-corrected chi connectivity index (χ3v) is 10.8. The predicted molar refractivity (Wildman–Crippen MR) is 140 cm³/mol. The van der Waals surface area contributed by atoms with E-state index in [4.69, 9.17) is 28.4 Å². The Hall–Kier alpha value is -1.89. The summed E-state index contributed by atoms with van der Waals surface area (Å²) >= 11 is 0. The van der Waals surface area contributed by atoms with E-state index in [1.807, 2.05) is 0 Å². The smallest absolute Gasteiger partial charge is 0.307 e. The second kappa shape index (κ2) is 10.4. The third kappa shape index (κ3) is 3.74. The van der Waals surface area contributed by atoms with Gasteiger partial charge in [-0.15, -0.1) is 0 Å². The van der Waals surface area contributed by atoms with Gasteiger partial charge in [-0.1, -0.05) is 6.92 Å². The highest BCUT2D eigenvalue weighted by molar-refractivity contribution is 5.85. The van der Waals surface area contributed by atoms with Crippen molar-refractivity contribution in [3.63, 3.8) is 0 Å². The zero-order chi connectivity index (χ0) is 29.2. The summed E-state index contributed by atoms with van der Waals surface area (Å²) in [5, 5.41) is 12.9. The van der Waals surface area contributed by atoms with Gasteiger partial charge in [0.05, 0.1) is 30.7 Å². The third-order valence-electron chi connectivity index (χ3n) is 10.8. The Kier molecular flexibility index (Phi) is 7.72. The van der Waals surface area contributed by atoms with Gasteiger partial charge in [0.2, 0.25) is 0 Å². The summed E-state index contributed by atoms with van der Waals surface area (Å²) in [5.74, 6) is -2.41. The first-order chi connectivity index (χ1) is 19.0. The van der Waals surface area contributed by atoms with Gasteiger partial charge in [0.25, 0.3) is 0 Å². The molecule has 1 heterocycles. The second-order valence-corrected chi connectivity index (χ2v) is 12.2. The van der Waals surface area contributed by atoms with Gasteiger partial charge < -0.3 is 33.5 Å². The fraction of sp³-hybridized carbons (Fsp3) is 0.828. The van der Waals surface area contributed by atoms with E-state index in [2.05, 4.69) is 11.8 Å². The van der Waals surface area contributed by atoms with Crippen molar-refractivity contribution in [2.24, 2.45) is 28.6 Å². The molecule has 224 valence electrons. The number of esters is 2. The summed E-state index contributed by atoms with van der Waals surface area (Å²) in [6.07, 6.45) is -0.508. The van der Waals surface area contributed by atoms with Gasteiger partial charge in [-0.05, 0) is 6.54 Å². The molecule has 1 unspecified atom stereocenters. The summed E-state index contributed by atoms with van der Waals surface area (Å²) in [7, 11) is 6.39. The van der Waals surface area contributed by atoms with Gasteiger partial charge in [0.15, 0.2) is 5.78 Å². The molecule has 5 aliphatic rings. The number of carbonyl (C=O) groups is 3. The lowest BCUT2D eigenvalue weighted by molar-refractivity contribution is -0.275. The quantitative estimate of drug-likeness (QED) is 0.336. The number of methoxy groups -OCH3 is 4. The lowest BCUT2D eigenvalue weighted by Gasteiger charge is -2.69. The van der Waals surface area contributed by atoms with Crippen molar-refractivity contribution in [2.75, 3.05) is 48.1 Å². The minimum absolute atomic E-state index is 0.00954. The van der Waals surface area contributed by atoms with E-state index in [-0.39, 0.29) is 37.2 Å². The first kappa shape index (κ1) is 29.6. The molecule has 0 radical (unpaired) electrons. The van der Waals surface area contributed by atoms with Crippen LogP contribution in [0.1, 0.15) is 40.0 Å². The lowest BCUT2D eigenvalue weighted by Crippen LogP contribution is -2.77. The number of nitrogens with zero attached hydrogens (tertiary/aromatic N) is 1. The topological polar surface area (TPSA) is 130 Å². The average Bonchev–Trinajstić information content (AvgIpc) is 3.05. The number of piperidine rings is 1. The number of hydrogen-bond donors (Lipinski definition) is 1.